The first kappa shape index (κ1) is 11.8. The van der Waals surface area contributed by atoms with Gasteiger partial charge in [0.25, 0.3) is 0 Å². The lowest BCUT2D eigenvalue weighted by molar-refractivity contribution is 1.06. The fourth-order valence-corrected chi connectivity index (χ4v) is 2.10. The summed E-state index contributed by atoms with van der Waals surface area (Å²) in [5.74, 6) is 0. The second-order valence-corrected chi connectivity index (χ2v) is 4.82. The number of nitrogens with zero attached hydrogens (tertiary/aromatic N) is 2. The van der Waals surface area contributed by atoms with Crippen molar-refractivity contribution in [2.24, 2.45) is 0 Å². The van der Waals surface area contributed by atoms with Crippen molar-refractivity contribution in [2.75, 3.05) is 0 Å². The minimum atomic E-state index is 0.520. The lowest BCUT2D eigenvalue weighted by Gasteiger charge is -2.04. The number of hydrogen-bond acceptors (Lipinski definition) is 2. The van der Waals surface area contributed by atoms with Crippen LogP contribution in [-0.2, 0) is 0 Å². The minimum absolute atomic E-state index is 0.520. The maximum atomic E-state index is 5.96. The van der Waals surface area contributed by atoms with E-state index in [1.54, 1.807) is 12.1 Å². The van der Waals surface area contributed by atoms with Gasteiger partial charge in [-0.3, -0.25) is 0 Å². The predicted octanol–water partition coefficient (Wildman–Crippen LogP) is 4.52. The predicted molar refractivity (Wildman–Crippen MR) is 69.9 cm³/mol. The number of benzene rings is 1. The molecule has 0 bridgehead atoms. The SMILES string of the molecule is Cc1cc(-c2ccc(Cl)c(Cl)c2)nc(Br)n1. The summed E-state index contributed by atoms with van der Waals surface area (Å²) in [6.45, 7) is 1.91. The molecule has 0 radical (unpaired) electrons. The van der Waals surface area contributed by atoms with Crippen molar-refractivity contribution in [1.29, 1.82) is 0 Å². The molecule has 0 N–H and O–H groups in total. The number of hydrogen-bond donors (Lipinski definition) is 0. The molecule has 0 unspecified atom stereocenters. The van der Waals surface area contributed by atoms with Crippen LogP contribution in [0.3, 0.4) is 0 Å². The Morgan fingerprint density at radius 1 is 1.06 bits per heavy atom. The van der Waals surface area contributed by atoms with Crippen LogP contribution in [0, 0.1) is 6.92 Å². The molecule has 2 aromatic rings. The van der Waals surface area contributed by atoms with E-state index < -0.39 is 0 Å². The third-order valence-electron chi connectivity index (χ3n) is 2.04. The summed E-state index contributed by atoms with van der Waals surface area (Å²) in [6.07, 6.45) is 0. The van der Waals surface area contributed by atoms with Gasteiger partial charge in [0.1, 0.15) is 0 Å². The number of halogens is 3. The highest BCUT2D eigenvalue weighted by Gasteiger charge is 2.05. The maximum Gasteiger partial charge on any atom is 0.197 e. The monoisotopic (exact) mass is 316 g/mol. The highest BCUT2D eigenvalue weighted by atomic mass is 79.9. The standard InChI is InChI=1S/C11H7BrCl2N2/c1-6-4-10(16-11(12)15-6)7-2-3-8(13)9(14)5-7/h2-5H,1H3. The molecule has 82 valence electrons. The highest BCUT2D eigenvalue weighted by Crippen LogP contribution is 2.28. The van der Waals surface area contributed by atoms with E-state index in [9.17, 15) is 0 Å². The molecular formula is C11H7BrCl2N2. The fourth-order valence-electron chi connectivity index (χ4n) is 1.34. The second kappa shape index (κ2) is 4.70. The summed E-state index contributed by atoms with van der Waals surface area (Å²) in [4.78, 5) is 8.43. The molecule has 0 saturated heterocycles. The molecule has 0 spiro atoms. The van der Waals surface area contributed by atoms with E-state index in [4.69, 9.17) is 23.2 Å². The summed E-state index contributed by atoms with van der Waals surface area (Å²) >= 11 is 15.1. The molecule has 0 aliphatic carbocycles. The zero-order valence-electron chi connectivity index (χ0n) is 8.34. The van der Waals surface area contributed by atoms with Crippen molar-refractivity contribution in [2.45, 2.75) is 6.92 Å². The van der Waals surface area contributed by atoms with Gasteiger partial charge in [0.2, 0.25) is 0 Å². The summed E-state index contributed by atoms with van der Waals surface area (Å²) in [5.41, 5.74) is 2.63. The molecule has 1 aromatic carbocycles. The van der Waals surface area contributed by atoms with E-state index in [1.807, 2.05) is 19.1 Å². The normalized spacial score (nSPS) is 10.5. The van der Waals surface area contributed by atoms with Crippen LogP contribution in [-0.4, -0.2) is 9.97 Å². The van der Waals surface area contributed by atoms with E-state index in [2.05, 4.69) is 25.9 Å². The Kier molecular flexibility index (Phi) is 3.47. The van der Waals surface area contributed by atoms with Gasteiger partial charge in [-0.25, -0.2) is 9.97 Å². The highest BCUT2D eigenvalue weighted by molar-refractivity contribution is 9.10. The van der Waals surface area contributed by atoms with Crippen molar-refractivity contribution >= 4 is 39.1 Å². The van der Waals surface area contributed by atoms with Crippen LogP contribution >= 0.6 is 39.1 Å². The number of rotatable bonds is 1. The van der Waals surface area contributed by atoms with Crippen molar-refractivity contribution < 1.29 is 0 Å². The Labute approximate surface area is 112 Å². The van der Waals surface area contributed by atoms with Crippen molar-refractivity contribution in [3.63, 3.8) is 0 Å². The zero-order valence-corrected chi connectivity index (χ0v) is 11.4. The van der Waals surface area contributed by atoms with Crippen LogP contribution in [0.5, 0.6) is 0 Å². The largest absolute Gasteiger partial charge is 0.227 e. The Bertz CT molecular complexity index is 523. The molecule has 16 heavy (non-hydrogen) atoms. The quantitative estimate of drug-likeness (QED) is 0.723. The molecule has 1 heterocycles. The van der Waals surface area contributed by atoms with Crippen molar-refractivity contribution in [3.05, 3.63) is 44.7 Å². The van der Waals surface area contributed by atoms with Crippen LogP contribution in [0.25, 0.3) is 11.3 Å². The Hall–Kier alpha value is -0.640. The average molecular weight is 318 g/mol. The first-order valence-corrected chi connectivity index (χ1v) is 6.08. The minimum Gasteiger partial charge on any atom is -0.227 e. The second-order valence-electron chi connectivity index (χ2n) is 3.29. The van der Waals surface area contributed by atoms with Crippen LogP contribution in [0.1, 0.15) is 5.69 Å². The van der Waals surface area contributed by atoms with Gasteiger partial charge >= 0.3 is 0 Å². The Balaban J connectivity index is 2.54. The topological polar surface area (TPSA) is 25.8 Å². The average Bonchev–Trinajstić information content (AvgIpc) is 2.20. The molecule has 2 nitrogen and oxygen atoms in total. The van der Waals surface area contributed by atoms with Crippen molar-refractivity contribution in [1.82, 2.24) is 9.97 Å². The van der Waals surface area contributed by atoms with Gasteiger partial charge in [0.05, 0.1) is 15.7 Å². The van der Waals surface area contributed by atoms with Gasteiger partial charge in [-0.05, 0) is 41.1 Å². The van der Waals surface area contributed by atoms with Gasteiger partial charge in [-0.1, -0.05) is 29.3 Å². The third-order valence-corrected chi connectivity index (χ3v) is 3.14. The van der Waals surface area contributed by atoms with Crippen LogP contribution in [0.15, 0.2) is 29.0 Å². The molecular weight excluding hydrogens is 311 g/mol. The Morgan fingerprint density at radius 2 is 1.81 bits per heavy atom. The van der Waals surface area contributed by atoms with Crippen LogP contribution in [0.4, 0.5) is 0 Å². The van der Waals surface area contributed by atoms with Gasteiger partial charge in [-0.2, -0.15) is 0 Å². The Morgan fingerprint density at radius 3 is 2.44 bits per heavy atom. The molecule has 2 rings (SSSR count). The summed E-state index contributed by atoms with van der Waals surface area (Å²) in [6, 6.07) is 7.31. The van der Waals surface area contributed by atoms with E-state index in [1.165, 1.54) is 0 Å². The van der Waals surface area contributed by atoms with E-state index in [-0.39, 0.29) is 0 Å². The molecule has 5 heteroatoms. The van der Waals surface area contributed by atoms with E-state index >= 15 is 0 Å². The van der Waals surface area contributed by atoms with Gasteiger partial charge in [-0.15, -0.1) is 0 Å². The van der Waals surface area contributed by atoms with Gasteiger partial charge in [0.15, 0.2) is 4.73 Å². The van der Waals surface area contributed by atoms with Crippen molar-refractivity contribution in [3.8, 4) is 11.3 Å². The summed E-state index contributed by atoms with van der Waals surface area (Å²) in [7, 11) is 0. The fraction of sp³-hybridized carbons (Fsp3) is 0.0909. The molecule has 0 saturated carbocycles. The molecule has 0 aliphatic heterocycles. The summed E-state index contributed by atoms with van der Waals surface area (Å²) < 4.78 is 0.563. The molecule has 0 atom stereocenters. The lowest BCUT2D eigenvalue weighted by Crippen LogP contribution is -1.90. The molecule has 0 fully saturated rings. The summed E-state index contributed by atoms with van der Waals surface area (Å²) in [5, 5.41) is 1.06. The van der Waals surface area contributed by atoms with Crippen LogP contribution < -0.4 is 0 Å². The molecule has 0 amide bonds. The first-order valence-electron chi connectivity index (χ1n) is 4.53. The first-order chi connectivity index (χ1) is 7.56. The number of aryl methyl sites for hydroxylation is 1. The van der Waals surface area contributed by atoms with Crippen LogP contribution in [0.2, 0.25) is 10.0 Å². The third kappa shape index (κ3) is 2.54. The number of aromatic nitrogens is 2. The maximum absolute atomic E-state index is 5.96. The zero-order chi connectivity index (χ0) is 11.7. The smallest absolute Gasteiger partial charge is 0.197 e. The molecule has 0 aliphatic rings. The lowest BCUT2D eigenvalue weighted by atomic mass is 10.1. The van der Waals surface area contributed by atoms with E-state index in [0.29, 0.717) is 14.8 Å². The van der Waals surface area contributed by atoms with E-state index in [0.717, 1.165) is 17.0 Å². The molecule has 1 aromatic heterocycles. The van der Waals surface area contributed by atoms with Gasteiger partial charge < -0.3 is 0 Å². The van der Waals surface area contributed by atoms with Gasteiger partial charge in [0, 0.05) is 11.3 Å².